The van der Waals surface area contributed by atoms with Crippen LogP contribution in [0, 0.1) is 0 Å². The van der Waals surface area contributed by atoms with Gasteiger partial charge in [-0.3, -0.25) is 9.59 Å². The summed E-state index contributed by atoms with van der Waals surface area (Å²) in [7, 11) is 0. The Balaban J connectivity index is 4.50. The minimum Gasteiger partial charge on any atom is -0.462 e. The minimum atomic E-state index is -0.782. The van der Waals surface area contributed by atoms with Crippen LogP contribution in [-0.2, 0) is 14.3 Å². The molecule has 0 heterocycles. The van der Waals surface area contributed by atoms with Crippen LogP contribution in [0.2, 0.25) is 0 Å². The number of unbranched alkanes of at least 4 members (excludes halogenated alkanes) is 35. The van der Waals surface area contributed by atoms with Crippen molar-refractivity contribution in [1.29, 1.82) is 0 Å². The van der Waals surface area contributed by atoms with Gasteiger partial charge >= 0.3 is 5.97 Å². The first kappa shape index (κ1) is 58.6. The molecule has 0 saturated heterocycles. The van der Waals surface area contributed by atoms with Crippen molar-refractivity contribution in [2.75, 3.05) is 6.61 Å². The number of allylic oxidation sites excluding steroid dienone is 2. The molecular weight excluding hydrogens is 743 g/mol. The van der Waals surface area contributed by atoms with Crippen LogP contribution in [-0.4, -0.2) is 46.9 Å². The average Bonchev–Trinajstić information content (AvgIpc) is 3.24. The summed E-state index contributed by atoms with van der Waals surface area (Å²) in [6.45, 7) is 6.50. The fourth-order valence-corrected chi connectivity index (χ4v) is 8.49. The summed E-state index contributed by atoms with van der Waals surface area (Å²) in [4.78, 5) is 26.2. The predicted octanol–water partition coefficient (Wildman–Crippen LogP) is 16.1. The second-order valence-corrected chi connectivity index (χ2v) is 18.6. The summed E-state index contributed by atoms with van der Waals surface area (Å²) < 4.78 is 5.94. The number of hydrogen-bond donors (Lipinski definition) is 3. The Bertz CT molecular complexity index is 909. The number of carbonyl (C=O) groups excluding carboxylic acids is 2. The Morgan fingerprint density at radius 2 is 0.800 bits per heavy atom. The van der Waals surface area contributed by atoms with Gasteiger partial charge in [0.05, 0.1) is 25.2 Å². The zero-order chi connectivity index (χ0) is 43.8. The predicted molar refractivity (Wildman–Crippen MR) is 260 cm³/mol. The summed E-state index contributed by atoms with van der Waals surface area (Å²) in [5.74, 6) is -0.460. The molecule has 1 amide bonds. The van der Waals surface area contributed by atoms with Crippen molar-refractivity contribution < 1.29 is 24.5 Å². The van der Waals surface area contributed by atoms with Gasteiger partial charge in [-0.05, 0) is 51.4 Å². The maximum atomic E-state index is 13.2. The molecule has 3 unspecified atom stereocenters. The number of aliphatic hydroxyl groups is 2. The molecule has 60 heavy (non-hydrogen) atoms. The molecular formula is C54H105NO5. The zero-order valence-corrected chi connectivity index (χ0v) is 40.6. The van der Waals surface area contributed by atoms with Crippen molar-refractivity contribution in [2.45, 2.75) is 315 Å². The molecule has 0 bridgehead atoms. The van der Waals surface area contributed by atoms with Gasteiger partial charge in [0.15, 0.2) is 0 Å². The molecule has 0 aliphatic rings. The van der Waals surface area contributed by atoms with Crippen LogP contribution in [0.5, 0.6) is 0 Å². The lowest BCUT2D eigenvalue weighted by Gasteiger charge is -2.24. The van der Waals surface area contributed by atoms with Crippen LogP contribution in [0.4, 0.5) is 0 Å². The van der Waals surface area contributed by atoms with Crippen LogP contribution in [0.3, 0.4) is 0 Å². The fraction of sp³-hybridized carbons (Fsp3) is 0.926. The lowest BCUT2D eigenvalue weighted by atomic mass is 10.0. The molecule has 0 rings (SSSR count). The molecule has 0 radical (unpaired) electrons. The van der Waals surface area contributed by atoms with E-state index in [9.17, 15) is 19.8 Å². The Hall–Kier alpha value is -1.40. The van der Waals surface area contributed by atoms with Gasteiger partial charge < -0.3 is 20.3 Å². The third-order valence-electron chi connectivity index (χ3n) is 12.6. The third kappa shape index (κ3) is 43.3. The van der Waals surface area contributed by atoms with Crippen LogP contribution >= 0.6 is 0 Å². The van der Waals surface area contributed by atoms with Gasteiger partial charge in [-0.1, -0.05) is 245 Å². The van der Waals surface area contributed by atoms with Crippen LogP contribution in [0.15, 0.2) is 12.2 Å². The number of hydrogen-bond acceptors (Lipinski definition) is 5. The van der Waals surface area contributed by atoms with E-state index in [1.54, 1.807) is 0 Å². The van der Waals surface area contributed by atoms with Crippen molar-refractivity contribution in [2.24, 2.45) is 0 Å². The van der Waals surface area contributed by atoms with E-state index in [1.807, 2.05) is 0 Å². The quantitative estimate of drug-likeness (QED) is 0.0322. The molecule has 0 fully saturated rings. The van der Waals surface area contributed by atoms with Crippen LogP contribution < -0.4 is 5.32 Å². The first-order chi connectivity index (χ1) is 29.5. The molecule has 0 spiro atoms. The average molecular weight is 848 g/mol. The summed E-state index contributed by atoms with van der Waals surface area (Å²) >= 11 is 0. The molecule has 0 aliphatic heterocycles. The van der Waals surface area contributed by atoms with Crippen molar-refractivity contribution >= 4 is 11.9 Å². The molecule has 3 N–H and O–H groups in total. The number of rotatable bonds is 49. The van der Waals surface area contributed by atoms with E-state index < -0.39 is 18.2 Å². The van der Waals surface area contributed by atoms with E-state index in [0.717, 1.165) is 44.9 Å². The molecule has 0 aromatic rings. The molecule has 6 heteroatoms. The Labute approximate surface area is 374 Å². The van der Waals surface area contributed by atoms with E-state index in [0.29, 0.717) is 19.3 Å². The summed E-state index contributed by atoms with van der Waals surface area (Å²) in [5, 5.41) is 23.8. The van der Waals surface area contributed by atoms with Gasteiger partial charge in [0.25, 0.3) is 0 Å². The molecule has 0 aromatic carbocycles. The van der Waals surface area contributed by atoms with Gasteiger partial charge in [0, 0.05) is 6.42 Å². The summed E-state index contributed by atoms with van der Waals surface area (Å²) in [5.41, 5.74) is 0. The van der Waals surface area contributed by atoms with Gasteiger partial charge in [-0.2, -0.15) is 0 Å². The number of esters is 1. The normalized spacial score (nSPS) is 13.2. The largest absolute Gasteiger partial charge is 0.462 e. The molecule has 0 aromatic heterocycles. The highest BCUT2D eigenvalue weighted by Crippen LogP contribution is 2.19. The second-order valence-electron chi connectivity index (χ2n) is 18.6. The monoisotopic (exact) mass is 848 g/mol. The van der Waals surface area contributed by atoms with Crippen molar-refractivity contribution in [3.63, 3.8) is 0 Å². The number of carbonyl (C=O) groups is 2. The van der Waals surface area contributed by atoms with Gasteiger partial charge in [-0.15, -0.1) is 0 Å². The van der Waals surface area contributed by atoms with Crippen molar-refractivity contribution in [3.8, 4) is 0 Å². The molecule has 6 nitrogen and oxygen atoms in total. The Kier molecular flexibility index (Phi) is 47.5. The van der Waals surface area contributed by atoms with E-state index in [2.05, 4.69) is 38.2 Å². The van der Waals surface area contributed by atoms with Gasteiger partial charge in [0.1, 0.15) is 6.10 Å². The van der Waals surface area contributed by atoms with Gasteiger partial charge in [0.2, 0.25) is 5.91 Å². The van der Waals surface area contributed by atoms with Crippen molar-refractivity contribution in [3.05, 3.63) is 12.2 Å². The minimum absolute atomic E-state index is 0.0832. The van der Waals surface area contributed by atoms with E-state index in [-0.39, 0.29) is 24.9 Å². The topological polar surface area (TPSA) is 95.9 Å². The van der Waals surface area contributed by atoms with E-state index in [1.165, 1.54) is 205 Å². The first-order valence-electron chi connectivity index (χ1n) is 26.9. The van der Waals surface area contributed by atoms with Crippen molar-refractivity contribution in [1.82, 2.24) is 5.32 Å². The van der Waals surface area contributed by atoms with E-state index >= 15 is 0 Å². The fourth-order valence-electron chi connectivity index (χ4n) is 8.49. The summed E-state index contributed by atoms with van der Waals surface area (Å²) in [6.07, 6.45) is 54.1. The highest BCUT2D eigenvalue weighted by Gasteiger charge is 2.24. The lowest BCUT2D eigenvalue weighted by Crippen LogP contribution is -2.46. The molecule has 3 atom stereocenters. The maximum absolute atomic E-state index is 13.2. The molecule has 0 aliphatic carbocycles. The smallest absolute Gasteiger partial charge is 0.306 e. The number of aliphatic hydroxyl groups excluding tert-OH is 2. The number of amides is 1. The Morgan fingerprint density at radius 1 is 0.467 bits per heavy atom. The standard InChI is InChI=1S/C54H105NO5/c1-4-7-10-13-16-19-22-25-27-29-32-35-38-41-44-47-54(59)60-50(45-42-39-36-33-30-24-21-18-15-12-9-6-3)48-53(58)55-51(49-56)52(57)46-43-40-37-34-31-28-26-23-20-17-14-11-8-5-2/h19,22,50-52,56-57H,4-18,20-21,23-49H2,1-3H3,(H,55,58)/b22-19-. The second kappa shape index (κ2) is 48.6. The van der Waals surface area contributed by atoms with Gasteiger partial charge in [-0.25, -0.2) is 0 Å². The Morgan fingerprint density at radius 3 is 1.20 bits per heavy atom. The first-order valence-corrected chi connectivity index (χ1v) is 26.9. The zero-order valence-electron chi connectivity index (χ0n) is 40.6. The molecule has 0 saturated carbocycles. The number of nitrogens with one attached hydrogen (secondary N) is 1. The molecule has 356 valence electrons. The van der Waals surface area contributed by atoms with Crippen LogP contribution in [0.1, 0.15) is 297 Å². The third-order valence-corrected chi connectivity index (χ3v) is 12.6. The SMILES string of the molecule is CCCCCC/C=C\CCCCCCCCCC(=O)OC(CCCCCCCCCCCCCC)CC(=O)NC(CO)C(O)CCCCCCCCCCCCCCCC. The van der Waals surface area contributed by atoms with E-state index in [4.69, 9.17) is 4.74 Å². The summed E-state index contributed by atoms with van der Waals surface area (Å²) in [6, 6.07) is -0.695. The maximum Gasteiger partial charge on any atom is 0.306 e. The highest BCUT2D eigenvalue weighted by molar-refractivity contribution is 5.77. The lowest BCUT2D eigenvalue weighted by molar-refractivity contribution is -0.151. The highest BCUT2D eigenvalue weighted by atomic mass is 16.5. The van der Waals surface area contributed by atoms with Crippen LogP contribution in [0.25, 0.3) is 0 Å². The number of ether oxygens (including phenoxy) is 1.